The van der Waals surface area contributed by atoms with Crippen molar-refractivity contribution in [2.24, 2.45) is 5.73 Å². The van der Waals surface area contributed by atoms with Crippen LogP contribution in [0.15, 0.2) is 24.5 Å². The van der Waals surface area contributed by atoms with Crippen molar-refractivity contribution in [3.05, 3.63) is 36.0 Å². The molecule has 0 aliphatic rings. The Balaban J connectivity index is 2.45. The van der Waals surface area contributed by atoms with Crippen LogP contribution in [0.1, 0.15) is 25.4 Å². The fourth-order valence-electron chi connectivity index (χ4n) is 1.66. The van der Waals surface area contributed by atoms with E-state index in [1.807, 2.05) is 25.3 Å². The van der Waals surface area contributed by atoms with Gasteiger partial charge in [0.2, 0.25) is 0 Å². The van der Waals surface area contributed by atoms with Crippen molar-refractivity contribution in [1.82, 2.24) is 15.0 Å². The first-order valence-electron chi connectivity index (χ1n) is 5.72. The van der Waals surface area contributed by atoms with Gasteiger partial charge in [-0.15, -0.1) is 0 Å². The first-order chi connectivity index (χ1) is 8.04. The Bertz CT molecular complexity index is 499. The van der Waals surface area contributed by atoms with Gasteiger partial charge in [0.05, 0.1) is 5.69 Å². The van der Waals surface area contributed by atoms with Gasteiger partial charge in [0, 0.05) is 35.6 Å². The molecule has 4 nitrogen and oxygen atoms in total. The minimum Gasteiger partial charge on any atom is -0.345 e. The molecule has 0 aliphatic heterocycles. The Labute approximate surface area is 101 Å². The van der Waals surface area contributed by atoms with Crippen molar-refractivity contribution < 1.29 is 0 Å². The number of rotatable bonds is 3. The number of aryl methyl sites for hydroxylation is 1. The van der Waals surface area contributed by atoms with Crippen molar-refractivity contribution in [2.45, 2.75) is 26.2 Å². The lowest BCUT2D eigenvalue weighted by atomic mass is 9.93. The Morgan fingerprint density at radius 1 is 1.41 bits per heavy atom. The van der Waals surface area contributed by atoms with Crippen LogP contribution in [-0.4, -0.2) is 21.5 Å². The lowest BCUT2D eigenvalue weighted by Gasteiger charge is -2.18. The third kappa shape index (κ3) is 2.22. The maximum atomic E-state index is 5.76. The van der Waals surface area contributed by atoms with Crippen molar-refractivity contribution >= 4 is 0 Å². The summed E-state index contributed by atoms with van der Waals surface area (Å²) < 4.78 is 0. The van der Waals surface area contributed by atoms with Crippen LogP contribution in [0.2, 0.25) is 0 Å². The van der Waals surface area contributed by atoms with E-state index in [0.29, 0.717) is 6.54 Å². The van der Waals surface area contributed by atoms with E-state index in [2.05, 4.69) is 28.8 Å². The summed E-state index contributed by atoms with van der Waals surface area (Å²) in [6, 6.07) is 3.92. The first kappa shape index (κ1) is 11.8. The first-order valence-corrected chi connectivity index (χ1v) is 5.72. The highest BCUT2D eigenvalue weighted by Crippen LogP contribution is 2.25. The Morgan fingerprint density at radius 3 is 2.76 bits per heavy atom. The van der Waals surface area contributed by atoms with Gasteiger partial charge in [0.25, 0.3) is 0 Å². The fourth-order valence-corrected chi connectivity index (χ4v) is 1.66. The van der Waals surface area contributed by atoms with Crippen molar-refractivity contribution in [1.29, 1.82) is 0 Å². The molecule has 0 aliphatic carbocycles. The summed E-state index contributed by atoms with van der Waals surface area (Å²) >= 11 is 0. The molecule has 0 spiro atoms. The van der Waals surface area contributed by atoms with E-state index in [0.717, 1.165) is 22.8 Å². The zero-order chi connectivity index (χ0) is 12.5. The zero-order valence-electron chi connectivity index (χ0n) is 10.5. The number of nitrogens with zero attached hydrogens (tertiary/aromatic N) is 2. The van der Waals surface area contributed by atoms with E-state index in [9.17, 15) is 0 Å². The normalized spacial score (nSPS) is 11.8. The van der Waals surface area contributed by atoms with Crippen molar-refractivity contribution in [3.8, 4) is 11.3 Å². The van der Waals surface area contributed by atoms with Crippen LogP contribution in [0.3, 0.4) is 0 Å². The number of hydrogen-bond donors (Lipinski definition) is 2. The van der Waals surface area contributed by atoms with E-state index in [1.54, 1.807) is 6.20 Å². The number of aromatic amines is 1. The molecular formula is C13H18N4. The standard InChI is InChI=1S/C13H18N4/c1-9-11(10-5-4-6-15-7-10)17-12(16-9)13(2,3)8-14/h4-7H,8,14H2,1-3H3,(H,16,17). The molecule has 2 aromatic heterocycles. The number of hydrogen-bond acceptors (Lipinski definition) is 3. The van der Waals surface area contributed by atoms with Crippen LogP contribution >= 0.6 is 0 Å². The van der Waals surface area contributed by atoms with Crippen LogP contribution in [0.4, 0.5) is 0 Å². The monoisotopic (exact) mass is 230 g/mol. The number of pyridine rings is 1. The van der Waals surface area contributed by atoms with Crippen LogP contribution in [-0.2, 0) is 5.41 Å². The maximum absolute atomic E-state index is 5.76. The molecule has 3 N–H and O–H groups in total. The van der Waals surface area contributed by atoms with Crippen LogP contribution in [0, 0.1) is 6.92 Å². The Morgan fingerprint density at radius 2 is 2.18 bits per heavy atom. The molecule has 0 atom stereocenters. The number of nitrogens with two attached hydrogens (primary N) is 1. The van der Waals surface area contributed by atoms with Gasteiger partial charge in [-0.1, -0.05) is 13.8 Å². The van der Waals surface area contributed by atoms with Gasteiger partial charge in [-0.3, -0.25) is 4.98 Å². The molecule has 17 heavy (non-hydrogen) atoms. The summed E-state index contributed by atoms with van der Waals surface area (Å²) in [7, 11) is 0. The average Bonchev–Trinajstić information content (AvgIpc) is 2.73. The number of H-pyrrole nitrogens is 1. The molecule has 0 saturated heterocycles. The SMILES string of the molecule is Cc1[nH]c(C(C)(C)CN)nc1-c1cccnc1. The second kappa shape index (κ2) is 4.30. The predicted octanol–water partition coefficient (Wildman–Crippen LogP) is 2.02. The summed E-state index contributed by atoms with van der Waals surface area (Å²) in [6.07, 6.45) is 3.58. The van der Waals surface area contributed by atoms with Gasteiger partial charge in [-0.2, -0.15) is 0 Å². The van der Waals surface area contributed by atoms with Crippen molar-refractivity contribution in [2.75, 3.05) is 6.54 Å². The molecule has 90 valence electrons. The molecule has 2 aromatic rings. The van der Waals surface area contributed by atoms with Gasteiger partial charge < -0.3 is 10.7 Å². The highest BCUT2D eigenvalue weighted by molar-refractivity contribution is 5.60. The number of aromatic nitrogens is 3. The van der Waals surface area contributed by atoms with E-state index in [4.69, 9.17) is 5.73 Å². The quantitative estimate of drug-likeness (QED) is 0.847. The molecule has 0 amide bonds. The number of nitrogens with one attached hydrogen (secondary N) is 1. The summed E-state index contributed by atoms with van der Waals surface area (Å²) in [5.41, 5.74) is 8.66. The molecule has 2 rings (SSSR count). The Hall–Kier alpha value is -1.68. The minimum absolute atomic E-state index is 0.134. The van der Waals surface area contributed by atoms with Crippen LogP contribution in [0.25, 0.3) is 11.3 Å². The second-order valence-electron chi connectivity index (χ2n) is 4.89. The molecule has 0 saturated carbocycles. The molecular weight excluding hydrogens is 212 g/mol. The van der Waals surface area contributed by atoms with Crippen LogP contribution < -0.4 is 5.73 Å². The van der Waals surface area contributed by atoms with Gasteiger partial charge in [-0.25, -0.2) is 4.98 Å². The van der Waals surface area contributed by atoms with E-state index in [-0.39, 0.29) is 5.41 Å². The fraction of sp³-hybridized carbons (Fsp3) is 0.385. The molecule has 2 heterocycles. The Kier molecular flexibility index (Phi) is 2.98. The average molecular weight is 230 g/mol. The maximum Gasteiger partial charge on any atom is 0.113 e. The third-order valence-electron chi connectivity index (χ3n) is 2.97. The second-order valence-corrected chi connectivity index (χ2v) is 4.89. The lowest BCUT2D eigenvalue weighted by Crippen LogP contribution is -2.29. The van der Waals surface area contributed by atoms with Crippen molar-refractivity contribution in [3.63, 3.8) is 0 Å². The smallest absolute Gasteiger partial charge is 0.113 e. The van der Waals surface area contributed by atoms with E-state index < -0.39 is 0 Å². The summed E-state index contributed by atoms with van der Waals surface area (Å²) in [6.45, 7) is 6.74. The predicted molar refractivity (Wildman–Crippen MR) is 68.6 cm³/mol. The highest BCUT2D eigenvalue weighted by atomic mass is 15.0. The summed E-state index contributed by atoms with van der Waals surface area (Å²) in [5.74, 6) is 0.927. The largest absolute Gasteiger partial charge is 0.345 e. The lowest BCUT2D eigenvalue weighted by molar-refractivity contribution is 0.507. The number of imidazole rings is 1. The highest BCUT2D eigenvalue weighted by Gasteiger charge is 2.23. The molecule has 0 fully saturated rings. The van der Waals surface area contributed by atoms with Crippen LogP contribution in [0.5, 0.6) is 0 Å². The molecule has 0 aromatic carbocycles. The molecule has 0 radical (unpaired) electrons. The minimum atomic E-state index is -0.134. The topological polar surface area (TPSA) is 67.6 Å². The molecule has 4 heteroatoms. The van der Waals surface area contributed by atoms with Gasteiger partial charge in [0.1, 0.15) is 5.82 Å². The van der Waals surface area contributed by atoms with E-state index in [1.165, 1.54) is 0 Å². The summed E-state index contributed by atoms with van der Waals surface area (Å²) in [5, 5.41) is 0. The van der Waals surface area contributed by atoms with Gasteiger partial charge in [-0.05, 0) is 19.1 Å². The third-order valence-corrected chi connectivity index (χ3v) is 2.97. The zero-order valence-corrected chi connectivity index (χ0v) is 10.5. The summed E-state index contributed by atoms with van der Waals surface area (Å²) in [4.78, 5) is 12.1. The van der Waals surface area contributed by atoms with Gasteiger partial charge in [0.15, 0.2) is 0 Å². The van der Waals surface area contributed by atoms with E-state index >= 15 is 0 Å². The molecule has 0 unspecified atom stereocenters. The molecule has 0 bridgehead atoms. The van der Waals surface area contributed by atoms with Gasteiger partial charge >= 0.3 is 0 Å².